The molecule has 0 fully saturated rings. The minimum absolute atomic E-state index is 0.109. The molecule has 17 heavy (non-hydrogen) atoms. The minimum atomic E-state index is -4.89. The van der Waals surface area contributed by atoms with Gasteiger partial charge in [0.05, 0.1) is 0 Å². The van der Waals surface area contributed by atoms with Crippen molar-refractivity contribution in [2.75, 3.05) is 5.32 Å². The highest BCUT2D eigenvalue weighted by Crippen LogP contribution is 2.33. The molecule has 0 bridgehead atoms. The molecule has 0 spiro atoms. The van der Waals surface area contributed by atoms with E-state index in [4.69, 9.17) is 5.11 Å². The number of nitrogens with one attached hydrogen (secondary N) is 1. The standard InChI is InChI=1S/C11H12F3NO2/c1-7-3-5-8(6-4-7)15-10(2,9(16)17)11(12,13)14/h3-6,15H,1-2H3,(H,16,17). The second kappa shape index (κ2) is 4.27. The third-order valence-electron chi connectivity index (χ3n) is 2.44. The fraction of sp³-hybridized carbons (Fsp3) is 0.364. The number of anilines is 1. The van der Waals surface area contributed by atoms with E-state index in [0.717, 1.165) is 5.56 Å². The monoisotopic (exact) mass is 247 g/mol. The molecule has 1 aromatic carbocycles. The Morgan fingerprint density at radius 1 is 1.24 bits per heavy atom. The molecule has 6 heteroatoms. The molecule has 0 saturated heterocycles. The van der Waals surface area contributed by atoms with Crippen LogP contribution in [-0.2, 0) is 4.79 Å². The van der Waals surface area contributed by atoms with Crippen LogP contribution in [0.4, 0.5) is 18.9 Å². The van der Waals surface area contributed by atoms with Gasteiger partial charge in [-0.15, -0.1) is 0 Å². The van der Waals surface area contributed by atoms with Crippen LogP contribution in [0.5, 0.6) is 0 Å². The zero-order valence-corrected chi connectivity index (χ0v) is 9.30. The molecular weight excluding hydrogens is 235 g/mol. The van der Waals surface area contributed by atoms with Crippen LogP contribution in [0.1, 0.15) is 12.5 Å². The Labute approximate surface area is 96.3 Å². The number of carboxylic acids is 1. The summed E-state index contributed by atoms with van der Waals surface area (Å²) >= 11 is 0. The zero-order valence-electron chi connectivity index (χ0n) is 9.30. The number of aryl methyl sites for hydroxylation is 1. The number of hydrogen-bond donors (Lipinski definition) is 2. The first-order chi connectivity index (χ1) is 7.67. The third kappa shape index (κ3) is 2.69. The maximum absolute atomic E-state index is 12.7. The van der Waals surface area contributed by atoms with Gasteiger partial charge in [0.1, 0.15) is 0 Å². The van der Waals surface area contributed by atoms with Gasteiger partial charge in [0.25, 0.3) is 0 Å². The first kappa shape index (κ1) is 13.3. The van der Waals surface area contributed by atoms with Gasteiger partial charge < -0.3 is 10.4 Å². The van der Waals surface area contributed by atoms with Crippen molar-refractivity contribution in [1.29, 1.82) is 0 Å². The third-order valence-corrected chi connectivity index (χ3v) is 2.44. The van der Waals surface area contributed by atoms with E-state index in [1.807, 2.05) is 5.32 Å². The number of carboxylic acid groups (broad SMARTS) is 1. The van der Waals surface area contributed by atoms with Crippen LogP contribution in [0.25, 0.3) is 0 Å². The van der Waals surface area contributed by atoms with Gasteiger partial charge in [-0.2, -0.15) is 13.2 Å². The Morgan fingerprint density at radius 3 is 2.06 bits per heavy atom. The van der Waals surface area contributed by atoms with Crippen molar-refractivity contribution in [1.82, 2.24) is 0 Å². The molecule has 0 aliphatic rings. The highest BCUT2D eigenvalue weighted by atomic mass is 19.4. The molecule has 1 unspecified atom stereocenters. The van der Waals surface area contributed by atoms with Crippen LogP contribution in [0, 0.1) is 6.92 Å². The number of hydrogen-bond acceptors (Lipinski definition) is 2. The van der Waals surface area contributed by atoms with Gasteiger partial charge in [-0.1, -0.05) is 17.7 Å². The molecule has 0 saturated carbocycles. The van der Waals surface area contributed by atoms with Crippen molar-refractivity contribution < 1.29 is 23.1 Å². The zero-order chi connectivity index (χ0) is 13.3. The smallest absolute Gasteiger partial charge is 0.422 e. The van der Waals surface area contributed by atoms with Crippen LogP contribution in [0.2, 0.25) is 0 Å². The summed E-state index contributed by atoms with van der Waals surface area (Å²) in [4.78, 5) is 10.8. The number of aliphatic carboxylic acids is 1. The minimum Gasteiger partial charge on any atom is -0.479 e. The van der Waals surface area contributed by atoms with Crippen molar-refractivity contribution in [3.63, 3.8) is 0 Å². The van der Waals surface area contributed by atoms with E-state index in [0.29, 0.717) is 6.92 Å². The van der Waals surface area contributed by atoms with Gasteiger partial charge in [0, 0.05) is 5.69 Å². The van der Waals surface area contributed by atoms with Crippen molar-refractivity contribution in [3.8, 4) is 0 Å². The molecule has 0 aromatic heterocycles. The van der Waals surface area contributed by atoms with Gasteiger partial charge in [-0.3, -0.25) is 0 Å². The second-order valence-electron chi connectivity index (χ2n) is 3.92. The first-order valence-electron chi connectivity index (χ1n) is 4.82. The molecule has 0 amide bonds. The fourth-order valence-electron chi connectivity index (χ4n) is 1.17. The number of alkyl halides is 3. The molecule has 0 heterocycles. The lowest BCUT2D eigenvalue weighted by atomic mass is 10.0. The summed E-state index contributed by atoms with van der Waals surface area (Å²) < 4.78 is 38.0. The molecule has 1 atom stereocenters. The fourth-order valence-corrected chi connectivity index (χ4v) is 1.17. The molecule has 0 aliphatic carbocycles. The van der Waals surface area contributed by atoms with Crippen LogP contribution < -0.4 is 5.32 Å². The first-order valence-corrected chi connectivity index (χ1v) is 4.82. The molecule has 1 rings (SSSR count). The van der Waals surface area contributed by atoms with E-state index < -0.39 is 17.7 Å². The maximum Gasteiger partial charge on any atom is 0.422 e. The number of rotatable bonds is 3. The quantitative estimate of drug-likeness (QED) is 0.863. The summed E-state index contributed by atoms with van der Waals surface area (Å²) in [5, 5.41) is 10.7. The van der Waals surface area contributed by atoms with Gasteiger partial charge in [-0.05, 0) is 26.0 Å². The molecule has 1 aromatic rings. The molecule has 3 nitrogen and oxygen atoms in total. The van der Waals surface area contributed by atoms with Gasteiger partial charge in [0.15, 0.2) is 0 Å². The average Bonchev–Trinajstić information content (AvgIpc) is 2.19. The van der Waals surface area contributed by atoms with Crippen LogP contribution in [0.15, 0.2) is 24.3 Å². The summed E-state index contributed by atoms with van der Waals surface area (Å²) in [6, 6.07) is 6.01. The normalized spacial score (nSPS) is 15.1. The predicted molar refractivity (Wildman–Crippen MR) is 56.9 cm³/mol. The van der Waals surface area contributed by atoms with Crippen molar-refractivity contribution in [2.45, 2.75) is 25.6 Å². The summed E-state index contributed by atoms with van der Waals surface area (Å²) in [6.45, 7) is 2.37. The Kier molecular flexibility index (Phi) is 3.35. The lowest BCUT2D eigenvalue weighted by Crippen LogP contribution is -2.55. The Balaban J connectivity index is 3.04. The van der Waals surface area contributed by atoms with Crippen molar-refractivity contribution in [3.05, 3.63) is 29.8 Å². The number of carbonyl (C=O) groups is 1. The van der Waals surface area contributed by atoms with Crippen LogP contribution >= 0.6 is 0 Å². The molecule has 0 radical (unpaired) electrons. The SMILES string of the molecule is Cc1ccc(NC(C)(C(=O)O)C(F)(F)F)cc1. The Morgan fingerprint density at radius 2 is 1.71 bits per heavy atom. The van der Waals surface area contributed by atoms with E-state index in [1.54, 1.807) is 19.1 Å². The van der Waals surface area contributed by atoms with Gasteiger partial charge in [-0.25, -0.2) is 4.79 Å². The van der Waals surface area contributed by atoms with Gasteiger partial charge in [0.2, 0.25) is 5.54 Å². The Hall–Kier alpha value is -1.72. The van der Waals surface area contributed by atoms with Crippen molar-refractivity contribution >= 4 is 11.7 Å². The average molecular weight is 247 g/mol. The maximum atomic E-state index is 12.7. The highest BCUT2D eigenvalue weighted by molar-refractivity contribution is 5.83. The van der Waals surface area contributed by atoms with E-state index in [-0.39, 0.29) is 5.69 Å². The topological polar surface area (TPSA) is 49.3 Å². The lowest BCUT2D eigenvalue weighted by Gasteiger charge is -2.29. The summed E-state index contributed by atoms with van der Waals surface area (Å²) in [5.41, 5.74) is -2.01. The summed E-state index contributed by atoms with van der Waals surface area (Å²) in [5.74, 6) is -1.97. The van der Waals surface area contributed by atoms with E-state index in [9.17, 15) is 18.0 Å². The Bertz CT molecular complexity index is 414. The molecular formula is C11H12F3NO2. The second-order valence-corrected chi connectivity index (χ2v) is 3.92. The van der Waals surface area contributed by atoms with E-state index in [2.05, 4.69) is 0 Å². The van der Waals surface area contributed by atoms with Gasteiger partial charge >= 0.3 is 12.1 Å². The largest absolute Gasteiger partial charge is 0.479 e. The summed E-state index contributed by atoms with van der Waals surface area (Å²) in [7, 11) is 0. The lowest BCUT2D eigenvalue weighted by molar-refractivity contribution is -0.192. The molecule has 2 N–H and O–H groups in total. The highest BCUT2D eigenvalue weighted by Gasteiger charge is 2.57. The predicted octanol–water partition coefficient (Wildman–Crippen LogP) is 2.81. The number of benzene rings is 1. The molecule has 94 valence electrons. The van der Waals surface area contributed by atoms with E-state index in [1.165, 1.54) is 12.1 Å². The number of halogens is 3. The van der Waals surface area contributed by atoms with Crippen molar-refractivity contribution in [2.24, 2.45) is 0 Å². The molecule has 0 aliphatic heterocycles. The van der Waals surface area contributed by atoms with Crippen LogP contribution in [-0.4, -0.2) is 22.8 Å². The van der Waals surface area contributed by atoms with E-state index >= 15 is 0 Å². The van der Waals surface area contributed by atoms with Crippen LogP contribution in [0.3, 0.4) is 0 Å². The summed E-state index contributed by atoms with van der Waals surface area (Å²) in [6.07, 6.45) is -4.89.